The molecule has 1 aliphatic heterocycles. The number of hydrogen-bond donors (Lipinski definition) is 1. The molecule has 27 heavy (non-hydrogen) atoms. The number of benzene rings is 1. The summed E-state index contributed by atoms with van der Waals surface area (Å²) in [7, 11) is 0. The van der Waals surface area contributed by atoms with Crippen molar-refractivity contribution in [3.05, 3.63) is 24.3 Å². The van der Waals surface area contributed by atoms with E-state index in [1.165, 1.54) is 12.1 Å². The highest BCUT2D eigenvalue weighted by Crippen LogP contribution is 2.24. The second-order valence-electron chi connectivity index (χ2n) is 7.91. The predicted octanol–water partition coefficient (Wildman–Crippen LogP) is 4.10. The minimum Gasteiger partial charge on any atom is -0.508 e. The highest BCUT2D eigenvalue weighted by molar-refractivity contribution is 5.78. The SMILES string of the molecule is CCC(C)(C)C(=O)OCC1CO1.CCC(C)(C)C(=O)Oc1ccc(O)cc1. The van der Waals surface area contributed by atoms with Gasteiger partial charge in [0, 0.05) is 0 Å². The van der Waals surface area contributed by atoms with Gasteiger partial charge in [0.2, 0.25) is 0 Å². The summed E-state index contributed by atoms with van der Waals surface area (Å²) in [6, 6.07) is 6.11. The highest BCUT2D eigenvalue weighted by Gasteiger charge is 2.30. The standard InChI is InChI=1S/C12H16O3.C9H16O3/c1-4-12(2,3)11(14)15-10-7-5-9(13)6-8-10;1-4-9(2,3)8(10)12-6-7-5-11-7/h5-8,13H,4H2,1-3H3;7H,4-6H2,1-3H3. The molecule has 1 heterocycles. The predicted molar refractivity (Wildman–Crippen MR) is 103 cm³/mol. The smallest absolute Gasteiger partial charge is 0.316 e. The molecular weight excluding hydrogens is 348 g/mol. The van der Waals surface area contributed by atoms with E-state index in [4.69, 9.17) is 19.3 Å². The zero-order valence-electron chi connectivity index (χ0n) is 17.2. The summed E-state index contributed by atoms with van der Waals surface area (Å²) in [5.41, 5.74) is -0.827. The fraction of sp³-hybridized carbons (Fsp3) is 0.619. The number of carbonyl (C=O) groups excluding carboxylic acids is 2. The molecule has 0 aliphatic carbocycles. The van der Waals surface area contributed by atoms with Crippen molar-refractivity contribution in [1.82, 2.24) is 0 Å². The van der Waals surface area contributed by atoms with Gasteiger partial charge in [0.15, 0.2) is 0 Å². The molecule has 0 bridgehead atoms. The number of carbonyl (C=O) groups is 2. The van der Waals surface area contributed by atoms with Crippen LogP contribution in [0.4, 0.5) is 0 Å². The number of ether oxygens (including phenoxy) is 3. The molecule has 1 unspecified atom stereocenters. The van der Waals surface area contributed by atoms with Crippen molar-refractivity contribution >= 4 is 11.9 Å². The Hall–Kier alpha value is -2.08. The minimum atomic E-state index is -0.474. The van der Waals surface area contributed by atoms with Crippen LogP contribution >= 0.6 is 0 Å². The zero-order chi connectivity index (χ0) is 20.7. The Labute approximate surface area is 161 Å². The summed E-state index contributed by atoms with van der Waals surface area (Å²) >= 11 is 0. The molecule has 6 nitrogen and oxygen atoms in total. The average Bonchev–Trinajstić information content (AvgIpc) is 3.46. The Kier molecular flexibility index (Phi) is 8.28. The van der Waals surface area contributed by atoms with E-state index in [2.05, 4.69) is 0 Å². The lowest BCUT2D eigenvalue weighted by Crippen LogP contribution is -2.28. The van der Waals surface area contributed by atoms with Crippen LogP contribution in [0, 0.1) is 10.8 Å². The fourth-order valence-electron chi connectivity index (χ4n) is 1.58. The monoisotopic (exact) mass is 380 g/mol. The largest absolute Gasteiger partial charge is 0.508 e. The second kappa shape index (κ2) is 9.74. The van der Waals surface area contributed by atoms with Gasteiger partial charge < -0.3 is 19.3 Å². The number of hydrogen-bond acceptors (Lipinski definition) is 6. The molecule has 0 aromatic heterocycles. The molecule has 1 aromatic rings. The van der Waals surface area contributed by atoms with Crippen molar-refractivity contribution in [2.45, 2.75) is 60.5 Å². The van der Waals surface area contributed by atoms with E-state index in [1.807, 2.05) is 41.5 Å². The van der Waals surface area contributed by atoms with E-state index in [0.29, 0.717) is 12.4 Å². The van der Waals surface area contributed by atoms with Gasteiger partial charge >= 0.3 is 11.9 Å². The van der Waals surface area contributed by atoms with Crippen LogP contribution in [0.1, 0.15) is 54.4 Å². The Morgan fingerprint density at radius 1 is 1.04 bits per heavy atom. The third kappa shape index (κ3) is 7.99. The first-order valence-electron chi connectivity index (χ1n) is 9.32. The van der Waals surface area contributed by atoms with Crippen LogP contribution in [-0.4, -0.2) is 36.4 Å². The number of aromatic hydroxyl groups is 1. The topological polar surface area (TPSA) is 85.4 Å². The molecule has 2 rings (SSSR count). The number of esters is 2. The molecule has 1 fully saturated rings. The molecule has 0 saturated carbocycles. The van der Waals surface area contributed by atoms with Gasteiger partial charge in [-0.15, -0.1) is 0 Å². The Morgan fingerprint density at radius 2 is 1.52 bits per heavy atom. The molecule has 1 atom stereocenters. The zero-order valence-corrected chi connectivity index (χ0v) is 17.2. The van der Waals surface area contributed by atoms with Gasteiger partial charge in [0.25, 0.3) is 0 Å². The van der Waals surface area contributed by atoms with E-state index in [1.54, 1.807) is 12.1 Å². The summed E-state index contributed by atoms with van der Waals surface area (Å²) in [5, 5.41) is 9.06. The van der Waals surface area contributed by atoms with E-state index < -0.39 is 5.41 Å². The van der Waals surface area contributed by atoms with E-state index in [0.717, 1.165) is 19.4 Å². The molecule has 1 N–H and O–H groups in total. The third-order valence-corrected chi connectivity index (χ3v) is 4.72. The molecule has 1 saturated heterocycles. The summed E-state index contributed by atoms with van der Waals surface area (Å²) in [6.07, 6.45) is 1.70. The van der Waals surface area contributed by atoms with Gasteiger partial charge in [-0.3, -0.25) is 9.59 Å². The quantitative estimate of drug-likeness (QED) is 0.435. The Balaban J connectivity index is 0.000000277. The van der Waals surface area contributed by atoms with Crippen molar-refractivity contribution in [1.29, 1.82) is 0 Å². The highest BCUT2D eigenvalue weighted by atomic mass is 16.6. The van der Waals surface area contributed by atoms with Gasteiger partial charge in [0.05, 0.1) is 17.4 Å². The lowest BCUT2D eigenvalue weighted by atomic mass is 9.91. The number of phenols is 1. The van der Waals surface area contributed by atoms with Crippen LogP contribution in [0.2, 0.25) is 0 Å². The van der Waals surface area contributed by atoms with Gasteiger partial charge in [-0.05, 0) is 64.8 Å². The summed E-state index contributed by atoms with van der Waals surface area (Å²) < 4.78 is 15.2. The third-order valence-electron chi connectivity index (χ3n) is 4.72. The molecule has 0 amide bonds. The maximum Gasteiger partial charge on any atom is 0.316 e. The minimum absolute atomic E-state index is 0.125. The number of rotatable bonds is 7. The molecule has 6 heteroatoms. The fourth-order valence-corrected chi connectivity index (χ4v) is 1.58. The Morgan fingerprint density at radius 3 is 1.96 bits per heavy atom. The average molecular weight is 380 g/mol. The normalized spacial score (nSPS) is 16.0. The first kappa shape index (κ1) is 23.0. The van der Waals surface area contributed by atoms with Gasteiger partial charge in [0.1, 0.15) is 24.2 Å². The maximum atomic E-state index is 11.7. The number of phenolic OH excluding ortho intramolecular Hbond substituents is 1. The Bertz CT molecular complexity index is 614. The van der Waals surface area contributed by atoms with Crippen molar-refractivity contribution in [3.63, 3.8) is 0 Å². The first-order chi connectivity index (χ1) is 12.5. The van der Waals surface area contributed by atoms with Crippen LogP contribution in [0.25, 0.3) is 0 Å². The van der Waals surface area contributed by atoms with Gasteiger partial charge in [-0.2, -0.15) is 0 Å². The lowest BCUT2D eigenvalue weighted by molar-refractivity contribution is -0.154. The molecule has 0 spiro atoms. The van der Waals surface area contributed by atoms with Crippen LogP contribution in [0.15, 0.2) is 24.3 Å². The van der Waals surface area contributed by atoms with Gasteiger partial charge in [-0.1, -0.05) is 13.8 Å². The van der Waals surface area contributed by atoms with Crippen molar-refractivity contribution in [2.75, 3.05) is 13.2 Å². The van der Waals surface area contributed by atoms with Crippen LogP contribution in [0.5, 0.6) is 11.5 Å². The summed E-state index contributed by atoms with van der Waals surface area (Å²) in [4.78, 5) is 23.0. The molecule has 1 aromatic carbocycles. The van der Waals surface area contributed by atoms with Gasteiger partial charge in [-0.25, -0.2) is 0 Å². The van der Waals surface area contributed by atoms with Crippen molar-refractivity contribution in [2.24, 2.45) is 10.8 Å². The molecule has 1 aliphatic rings. The van der Waals surface area contributed by atoms with E-state index >= 15 is 0 Å². The summed E-state index contributed by atoms with van der Waals surface area (Å²) in [5.74, 6) is 0.236. The maximum absolute atomic E-state index is 11.7. The van der Waals surface area contributed by atoms with E-state index in [9.17, 15) is 9.59 Å². The second-order valence-corrected chi connectivity index (χ2v) is 7.91. The molecule has 0 radical (unpaired) electrons. The lowest BCUT2D eigenvalue weighted by Gasteiger charge is -2.19. The van der Waals surface area contributed by atoms with E-state index in [-0.39, 0.29) is 29.2 Å². The van der Waals surface area contributed by atoms with Crippen LogP contribution in [0.3, 0.4) is 0 Å². The van der Waals surface area contributed by atoms with Crippen molar-refractivity contribution < 1.29 is 28.9 Å². The number of epoxide rings is 1. The van der Waals surface area contributed by atoms with Crippen LogP contribution < -0.4 is 4.74 Å². The summed E-state index contributed by atoms with van der Waals surface area (Å²) in [6.45, 7) is 12.5. The molecular formula is C21H32O6. The molecule has 152 valence electrons. The first-order valence-corrected chi connectivity index (χ1v) is 9.32. The van der Waals surface area contributed by atoms with Crippen LogP contribution in [-0.2, 0) is 19.1 Å². The van der Waals surface area contributed by atoms with Crippen molar-refractivity contribution in [3.8, 4) is 11.5 Å².